The van der Waals surface area contributed by atoms with Crippen LogP contribution in [0.3, 0.4) is 0 Å². The summed E-state index contributed by atoms with van der Waals surface area (Å²) in [6.45, 7) is 9.17. The van der Waals surface area contributed by atoms with Crippen LogP contribution in [-0.4, -0.2) is 10.8 Å². The van der Waals surface area contributed by atoms with Crippen LogP contribution in [0.15, 0.2) is 24.3 Å². The molecule has 120 valence electrons. The second kappa shape index (κ2) is 5.50. The molecule has 2 aliphatic rings. The first-order valence-corrected chi connectivity index (χ1v) is 8.67. The van der Waals surface area contributed by atoms with Crippen molar-refractivity contribution in [1.82, 2.24) is 10.7 Å². The molecule has 0 unspecified atom stereocenters. The first kappa shape index (κ1) is 15.8. The van der Waals surface area contributed by atoms with Crippen LogP contribution in [0.1, 0.15) is 52.0 Å². The van der Waals surface area contributed by atoms with Crippen LogP contribution < -0.4 is 15.8 Å². The summed E-state index contributed by atoms with van der Waals surface area (Å²) < 4.78 is 0. The quantitative estimate of drug-likeness (QED) is 0.762. The number of hydrogen-bond acceptors (Lipinski definition) is 2. The molecule has 22 heavy (non-hydrogen) atoms. The van der Waals surface area contributed by atoms with Crippen LogP contribution >= 0.6 is 12.2 Å². The number of hydrazine groups is 1. The van der Waals surface area contributed by atoms with E-state index >= 15 is 0 Å². The van der Waals surface area contributed by atoms with E-state index in [1.165, 1.54) is 18.4 Å². The molecular formula is C18H27N3S. The maximum atomic E-state index is 5.56. The molecule has 4 heteroatoms. The Kier molecular flexibility index (Phi) is 3.94. The predicted molar refractivity (Wildman–Crippen MR) is 96.7 cm³/mol. The van der Waals surface area contributed by atoms with Crippen molar-refractivity contribution in [2.45, 2.75) is 59.0 Å². The molecule has 1 heterocycles. The van der Waals surface area contributed by atoms with Crippen molar-refractivity contribution in [1.29, 1.82) is 0 Å². The molecule has 2 N–H and O–H groups in total. The van der Waals surface area contributed by atoms with E-state index < -0.39 is 0 Å². The number of thiocarbonyl (C=S) groups is 1. The molecule has 2 fully saturated rings. The normalized spacial score (nSPS) is 29.0. The Balaban J connectivity index is 1.71. The largest absolute Gasteiger partial charge is 0.342 e. The summed E-state index contributed by atoms with van der Waals surface area (Å²) in [5.41, 5.74) is 6.37. The maximum Gasteiger partial charge on any atom is 0.189 e. The Morgan fingerprint density at radius 1 is 1.14 bits per heavy atom. The summed E-state index contributed by atoms with van der Waals surface area (Å²) >= 11 is 5.56. The number of hydrogen-bond donors (Lipinski definition) is 2. The smallest absolute Gasteiger partial charge is 0.189 e. The van der Waals surface area contributed by atoms with Crippen LogP contribution in [0.4, 0.5) is 5.69 Å². The van der Waals surface area contributed by atoms with Crippen molar-refractivity contribution < 1.29 is 0 Å². The second-order valence-corrected chi connectivity index (χ2v) is 8.32. The Labute approximate surface area is 139 Å². The van der Waals surface area contributed by atoms with Gasteiger partial charge in [-0.05, 0) is 68.3 Å². The standard InChI is InChI=1S/C18H27N3S/c1-13-5-7-15(8-6-13)21-16(22)19-18(20-21)11-9-14(10-12-18)17(2,3)4/h5-8,14,20H,9-12H2,1-4H3,(H,19,22). The first-order chi connectivity index (χ1) is 10.3. The van der Waals surface area contributed by atoms with E-state index in [1.807, 2.05) is 5.01 Å². The van der Waals surface area contributed by atoms with Crippen molar-refractivity contribution >= 4 is 23.0 Å². The number of anilines is 1. The summed E-state index contributed by atoms with van der Waals surface area (Å²) in [6, 6.07) is 8.49. The molecule has 0 radical (unpaired) electrons. The molecule has 1 aromatic carbocycles. The van der Waals surface area contributed by atoms with E-state index in [2.05, 4.69) is 62.7 Å². The van der Waals surface area contributed by atoms with Gasteiger partial charge in [0.15, 0.2) is 5.11 Å². The van der Waals surface area contributed by atoms with Gasteiger partial charge in [-0.15, -0.1) is 0 Å². The molecule has 3 nitrogen and oxygen atoms in total. The van der Waals surface area contributed by atoms with Gasteiger partial charge in [0.25, 0.3) is 0 Å². The van der Waals surface area contributed by atoms with Gasteiger partial charge in [-0.3, -0.25) is 5.01 Å². The van der Waals surface area contributed by atoms with Gasteiger partial charge in [-0.1, -0.05) is 38.5 Å². The van der Waals surface area contributed by atoms with Gasteiger partial charge in [0.2, 0.25) is 0 Å². The molecule has 1 aliphatic heterocycles. The third-order valence-electron chi connectivity index (χ3n) is 5.23. The fraction of sp³-hybridized carbons (Fsp3) is 0.611. The molecule has 1 spiro atoms. The topological polar surface area (TPSA) is 27.3 Å². The molecule has 0 atom stereocenters. The Morgan fingerprint density at radius 3 is 2.27 bits per heavy atom. The van der Waals surface area contributed by atoms with Crippen LogP contribution in [0, 0.1) is 18.3 Å². The van der Waals surface area contributed by atoms with Gasteiger partial charge in [0.1, 0.15) is 5.66 Å². The lowest BCUT2D eigenvalue weighted by Gasteiger charge is -2.42. The summed E-state index contributed by atoms with van der Waals surface area (Å²) in [4.78, 5) is 0. The molecule has 0 amide bonds. The van der Waals surface area contributed by atoms with Crippen LogP contribution in [-0.2, 0) is 0 Å². The summed E-state index contributed by atoms with van der Waals surface area (Å²) in [7, 11) is 0. The van der Waals surface area contributed by atoms with Crippen molar-refractivity contribution in [3.63, 3.8) is 0 Å². The van der Waals surface area contributed by atoms with Gasteiger partial charge < -0.3 is 5.32 Å². The highest BCUT2D eigenvalue weighted by atomic mass is 32.1. The van der Waals surface area contributed by atoms with Crippen molar-refractivity contribution in [2.75, 3.05) is 5.01 Å². The van der Waals surface area contributed by atoms with E-state index in [0.717, 1.165) is 29.6 Å². The number of aryl methyl sites for hydroxylation is 1. The van der Waals surface area contributed by atoms with Gasteiger partial charge in [0, 0.05) is 0 Å². The fourth-order valence-corrected chi connectivity index (χ4v) is 3.99. The Morgan fingerprint density at radius 2 is 1.73 bits per heavy atom. The van der Waals surface area contributed by atoms with E-state index in [0.29, 0.717) is 5.41 Å². The monoisotopic (exact) mass is 317 g/mol. The lowest BCUT2D eigenvalue weighted by molar-refractivity contribution is 0.115. The zero-order chi connectivity index (χ0) is 16.0. The molecule has 0 aromatic heterocycles. The average molecular weight is 318 g/mol. The van der Waals surface area contributed by atoms with E-state index in [9.17, 15) is 0 Å². The highest BCUT2D eigenvalue weighted by Crippen LogP contribution is 2.42. The van der Waals surface area contributed by atoms with Gasteiger partial charge in [-0.25, -0.2) is 5.43 Å². The molecule has 1 saturated heterocycles. The Bertz CT molecular complexity index is 551. The van der Waals surface area contributed by atoms with E-state index in [4.69, 9.17) is 12.2 Å². The number of nitrogens with zero attached hydrogens (tertiary/aromatic N) is 1. The van der Waals surface area contributed by atoms with Crippen LogP contribution in [0.25, 0.3) is 0 Å². The SMILES string of the molecule is Cc1ccc(N2NC3(CCC(C(C)(C)C)CC3)NC2=S)cc1. The molecule has 1 aliphatic carbocycles. The van der Waals surface area contributed by atoms with Gasteiger partial charge >= 0.3 is 0 Å². The third-order valence-corrected chi connectivity index (χ3v) is 5.52. The zero-order valence-electron chi connectivity index (χ0n) is 14.1. The Hall–Kier alpha value is -1.13. The molecule has 3 rings (SSSR count). The van der Waals surface area contributed by atoms with Crippen LogP contribution in [0.2, 0.25) is 0 Å². The minimum absolute atomic E-state index is 0.0519. The maximum absolute atomic E-state index is 5.56. The summed E-state index contributed by atoms with van der Waals surface area (Å²) in [5.74, 6) is 0.795. The van der Waals surface area contributed by atoms with Crippen LogP contribution in [0.5, 0.6) is 0 Å². The lowest BCUT2D eigenvalue weighted by Crippen LogP contribution is -2.54. The first-order valence-electron chi connectivity index (χ1n) is 8.26. The molecule has 0 bridgehead atoms. The fourth-order valence-electron chi connectivity index (χ4n) is 3.64. The molecular weight excluding hydrogens is 290 g/mol. The summed E-state index contributed by atoms with van der Waals surface area (Å²) in [6.07, 6.45) is 4.73. The van der Waals surface area contributed by atoms with Crippen molar-refractivity contribution in [3.8, 4) is 0 Å². The second-order valence-electron chi connectivity index (χ2n) is 7.94. The number of benzene rings is 1. The number of rotatable bonds is 1. The van der Waals surface area contributed by atoms with E-state index in [-0.39, 0.29) is 5.66 Å². The lowest BCUT2D eigenvalue weighted by atomic mass is 9.70. The van der Waals surface area contributed by atoms with Crippen molar-refractivity contribution in [2.24, 2.45) is 11.3 Å². The summed E-state index contributed by atoms with van der Waals surface area (Å²) in [5, 5.41) is 6.37. The molecule has 1 saturated carbocycles. The average Bonchev–Trinajstić information content (AvgIpc) is 2.76. The third kappa shape index (κ3) is 2.99. The zero-order valence-corrected chi connectivity index (χ0v) is 14.9. The van der Waals surface area contributed by atoms with E-state index in [1.54, 1.807) is 0 Å². The van der Waals surface area contributed by atoms with Gasteiger partial charge in [-0.2, -0.15) is 0 Å². The predicted octanol–water partition coefficient (Wildman–Crippen LogP) is 4.13. The highest BCUT2D eigenvalue weighted by Gasteiger charge is 2.44. The minimum atomic E-state index is -0.0519. The van der Waals surface area contributed by atoms with Gasteiger partial charge in [0.05, 0.1) is 5.69 Å². The number of nitrogens with one attached hydrogen (secondary N) is 2. The highest BCUT2D eigenvalue weighted by molar-refractivity contribution is 7.80. The molecule has 1 aromatic rings. The van der Waals surface area contributed by atoms with Crippen molar-refractivity contribution in [3.05, 3.63) is 29.8 Å². The minimum Gasteiger partial charge on any atom is -0.342 e.